The van der Waals surface area contributed by atoms with Gasteiger partial charge in [-0.25, -0.2) is 4.79 Å². The van der Waals surface area contributed by atoms with Gasteiger partial charge >= 0.3 is 5.97 Å². The molecule has 0 amide bonds. The Bertz CT molecular complexity index is 1170. The van der Waals surface area contributed by atoms with Crippen LogP contribution in [0.15, 0.2) is 45.6 Å². The molecule has 0 atom stereocenters. The topological polar surface area (TPSA) is 72.3 Å². The van der Waals surface area contributed by atoms with Crippen molar-refractivity contribution in [1.82, 2.24) is 4.98 Å². The number of carbonyl (C=O) groups is 1. The van der Waals surface area contributed by atoms with Crippen molar-refractivity contribution in [3.63, 3.8) is 0 Å². The number of esters is 1. The highest BCUT2D eigenvalue weighted by Gasteiger charge is 2.22. The molecule has 2 aromatic carbocycles. The second kappa shape index (κ2) is 5.23. The van der Waals surface area contributed by atoms with Crippen LogP contribution in [0, 0.1) is 6.92 Å². The van der Waals surface area contributed by atoms with Crippen LogP contribution in [-0.2, 0) is 4.74 Å². The normalized spacial score (nSPS) is 11.4. The van der Waals surface area contributed by atoms with Crippen molar-refractivity contribution in [3.8, 4) is 0 Å². The van der Waals surface area contributed by atoms with E-state index in [1.54, 1.807) is 13.8 Å². The number of furan rings is 1. The van der Waals surface area contributed by atoms with E-state index in [4.69, 9.17) is 9.15 Å². The second-order valence-corrected chi connectivity index (χ2v) is 5.64. The lowest BCUT2D eigenvalue weighted by atomic mass is 10.0. The maximum atomic E-state index is 12.4. The van der Waals surface area contributed by atoms with Gasteiger partial charge in [0.2, 0.25) is 0 Å². The van der Waals surface area contributed by atoms with Gasteiger partial charge in [-0.3, -0.25) is 4.79 Å². The number of hydrogen-bond donors (Lipinski definition) is 1. The molecule has 24 heavy (non-hydrogen) atoms. The number of pyridine rings is 1. The maximum Gasteiger partial charge on any atom is 0.344 e. The van der Waals surface area contributed by atoms with E-state index < -0.39 is 11.5 Å². The summed E-state index contributed by atoms with van der Waals surface area (Å²) in [6.07, 6.45) is 0. The van der Waals surface area contributed by atoms with E-state index in [1.165, 1.54) is 0 Å². The number of aryl methyl sites for hydroxylation is 1. The van der Waals surface area contributed by atoms with Gasteiger partial charge in [-0.05, 0) is 30.7 Å². The van der Waals surface area contributed by atoms with Crippen LogP contribution >= 0.6 is 0 Å². The minimum Gasteiger partial charge on any atom is -0.462 e. The number of carbonyl (C=O) groups excluding carboxylic acids is 1. The molecule has 0 saturated heterocycles. The zero-order valence-corrected chi connectivity index (χ0v) is 13.3. The van der Waals surface area contributed by atoms with Gasteiger partial charge in [0.15, 0.2) is 5.58 Å². The lowest BCUT2D eigenvalue weighted by molar-refractivity contribution is 0.0523. The van der Waals surface area contributed by atoms with Crippen molar-refractivity contribution in [3.05, 3.63) is 57.9 Å². The molecule has 0 saturated carbocycles. The third-order valence-electron chi connectivity index (χ3n) is 4.24. The number of aromatic amines is 1. The van der Waals surface area contributed by atoms with E-state index in [1.807, 2.05) is 36.4 Å². The van der Waals surface area contributed by atoms with E-state index in [-0.39, 0.29) is 12.2 Å². The SMILES string of the molecule is CCOC(=O)c1c(C)c2oc3ccc4ccccc4c3c2[nH]c1=O. The van der Waals surface area contributed by atoms with Gasteiger partial charge in [-0.15, -0.1) is 0 Å². The van der Waals surface area contributed by atoms with Gasteiger partial charge in [0.1, 0.15) is 11.1 Å². The summed E-state index contributed by atoms with van der Waals surface area (Å²) in [5.41, 5.74) is 1.80. The summed E-state index contributed by atoms with van der Waals surface area (Å²) in [5.74, 6) is -0.636. The van der Waals surface area contributed by atoms with Crippen molar-refractivity contribution in [2.24, 2.45) is 0 Å². The zero-order valence-electron chi connectivity index (χ0n) is 13.3. The molecule has 0 fully saturated rings. The Morgan fingerprint density at radius 2 is 2.00 bits per heavy atom. The molecular formula is C19H15NO4. The Labute approximate surface area is 136 Å². The van der Waals surface area contributed by atoms with Crippen molar-refractivity contribution in [2.45, 2.75) is 13.8 Å². The first-order valence-electron chi connectivity index (χ1n) is 7.75. The lowest BCUT2D eigenvalue weighted by Crippen LogP contribution is -2.21. The number of nitrogens with one attached hydrogen (secondary N) is 1. The summed E-state index contributed by atoms with van der Waals surface area (Å²) in [6, 6.07) is 11.7. The van der Waals surface area contributed by atoms with Crippen LogP contribution in [0.1, 0.15) is 22.8 Å². The van der Waals surface area contributed by atoms with E-state index in [0.29, 0.717) is 22.2 Å². The summed E-state index contributed by atoms with van der Waals surface area (Å²) in [4.78, 5) is 27.3. The second-order valence-electron chi connectivity index (χ2n) is 5.64. The zero-order chi connectivity index (χ0) is 16.8. The molecule has 0 unspecified atom stereocenters. The molecule has 0 bridgehead atoms. The first kappa shape index (κ1) is 14.5. The van der Waals surface area contributed by atoms with Gasteiger partial charge < -0.3 is 14.1 Å². The largest absolute Gasteiger partial charge is 0.462 e. The highest BCUT2D eigenvalue weighted by Crippen LogP contribution is 2.34. The fraction of sp³-hybridized carbons (Fsp3) is 0.158. The minimum absolute atomic E-state index is 0.00675. The number of rotatable bonds is 2. The molecule has 4 rings (SSSR count). The van der Waals surface area contributed by atoms with Crippen molar-refractivity contribution < 1.29 is 13.9 Å². The highest BCUT2D eigenvalue weighted by molar-refractivity contribution is 6.18. The number of H-pyrrole nitrogens is 1. The smallest absolute Gasteiger partial charge is 0.344 e. The summed E-state index contributed by atoms with van der Waals surface area (Å²) in [6.45, 7) is 3.61. The Morgan fingerprint density at radius 1 is 1.21 bits per heavy atom. The molecule has 5 heteroatoms. The third-order valence-corrected chi connectivity index (χ3v) is 4.24. The molecule has 2 heterocycles. The predicted octanol–water partition coefficient (Wildman–Crippen LogP) is 3.91. The van der Waals surface area contributed by atoms with Crippen LogP contribution < -0.4 is 5.56 Å². The molecule has 0 radical (unpaired) electrons. The van der Waals surface area contributed by atoms with Crippen LogP contribution in [-0.4, -0.2) is 17.6 Å². The number of hydrogen-bond acceptors (Lipinski definition) is 4. The molecule has 4 aromatic rings. The lowest BCUT2D eigenvalue weighted by Gasteiger charge is -2.04. The molecule has 1 N–H and O–H groups in total. The Balaban J connectivity index is 2.15. The van der Waals surface area contributed by atoms with Gasteiger partial charge in [-0.1, -0.05) is 30.3 Å². The van der Waals surface area contributed by atoms with Crippen LogP contribution in [0.2, 0.25) is 0 Å². The number of fused-ring (bicyclic) bond motifs is 5. The average Bonchev–Trinajstić information content (AvgIpc) is 2.94. The fourth-order valence-electron chi connectivity index (χ4n) is 3.16. The van der Waals surface area contributed by atoms with Crippen molar-refractivity contribution in [2.75, 3.05) is 6.61 Å². The molecule has 0 spiro atoms. The maximum absolute atomic E-state index is 12.4. The molecule has 0 aliphatic carbocycles. The average molecular weight is 321 g/mol. The van der Waals surface area contributed by atoms with Crippen LogP contribution in [0.5, 0.6) is 0 Å². The Morgan fingerprint density at radius 3 is 2.79 bits per heavy atom. The minimum atomic E-state index is -0.636. The molecule has 0 aliphatic heterocycles. The summed E-state index contributed by atoms with van der Waals surface area (Å²) >= 11 is 0. The van der Waals surface area contributed by atoms with E-state index in [2.05, 4.69) is 4.98 Å². The van der Waals surface area contributed by atoms with Gasteiger partial charge in [0, 0.05) is 5.56 Å². The third kappa shape index (κ3) is 1.94. The molecule has 5 nitrogen and oxygen atoms in total. The summed E-state index contributed by atoms with van der Waals surface area (Å²) < 4.78 is 10.9. The van der Waals surface area contributed by atoms with Crippen LogP contribution in [0.25, 0.3) is 32.8 Å². The molecular weight excluding hydrogens is 306 g/mol. The monoisotopic (exact) mass is 321 g/mol. The fourth-order valence-corrected chi connectivity index (χ4v) is 3.16. The number of ether oxygens (including phenoxy) is 1. The quantitative estimate of drug-likeness (QED) is 0.568. The molecule has 2 aromatic heterocycles. The van der Waals surface area contributed by atoms with Gasteiger partial charge in [0.25, 0.3) is 5.56 Å². The first-order chi connectivity index (χ1) is 11.6. The summed E-state index contributed by atoms with van der Waals surface area (Å²) in [7, 11) is 0. The molecule has 0 aliphatic rings. The standard InChI is InChI=1S/C19H15NO4/c1-3-23-19(22)14-10(2)17-16(20-18(14)21)15-12-7-5-4-6-11(12)8-9-13(15)24-17/h4-9H,3H2,1-2H3,(H,20,21). The van der Waals surface area contributed by atoms with Crippen LogP contribution in [0.4, 0.5) is 0 Å². The number of benzene rings is 2. The van der Waals surface area contributed by atoms with Crippen molar-refractivity contribution in [1.29, 1.82) is 0 Å². The van der Waals surface area contributed by atoms with Crippen LogP contribution in [0.3, 0.4) is 0 Å². The number of aromatic nitrogens is 1. The van der Waals surface area contributed by atoms with E-state index >= 15 is 0 Å². The summed E-state index contributed by atoms with van der Waals surface area (Å²) in [5, 5.41) is 2.90. The molecule has 120 valence electrons. The first-order valence-corrected chi connectivity index (χ1v) is 7.75. The van der Waals surface area contributed by atoms with E-state index in [9.17, 15) is 9.59 Å². The van der Waals surface area contributed by atoms with Gasteiger partial charge in [0.05, 0.1) is 17.5 Å². The van der Waals surface area contributed by atoms with Crippen molar-refractivity contribution >= 4 is 38.8 Å². The van der Waals surface area contributed by atoms with Gasteiger partial charge in [-0.2, -0.15) is 0 Å². The predicted molar refractivity (Wildman–Crippen MR) is 92.5 cm³/mol. The highest BCUT2D eigenvalue weighted by atomic mass is 16.5. The Kier molecular flexibility index (Phi) is 3.16. The van der Waals surface area contributed by atoms with E-state index in [0.717, 1.165) is 16.2 Å². The Hall–Kier alpha value is -3.08.